The van der Waals surface area contributed by atoms with Crippen LogP contribution in [0.1, 0.15) is 19.8 Å². The van der Waals surface area contributed by atoms with Gasteiger partial charge >= 0.3 is 0 Å². The third-order valence-corrected chi connectivity index (χ3v) is 3.79. The van der Waals surface area contributed by atoms with Crippen LogP contribution in [0.25, 0.3) is 0 Å². The predicted octanol–water partition coefficient (Wildman–Crippen LogP) is 2.58. The van der Waals surface area contributed by atoms with Gasteiger partial charge < -0.3 is 15.2 Å². The molecular formula is C14H20BrNO2. The van der Waals surface area contributed by atoms with E-state index in [0.29, 0.717) is 19.2 Å². The third-order valence-electron chi connectivity index (χ3n) is 3.30. The van der Waals surface area contributed by atoms with Crippen molar-refractivity contribution in [3.05, 3.63) is 28.7 Å². The van der Waals surface area contributed by atoms with E-state index < -0.39 is 6.10 Å². The Hall–Kier alpha value is -0.580. The smallest absolute Gasteiger partial charge is 0.120 e. The van der Waals surface area contributed by atoms with Gasteiger partial charge in [-0.1, -0.05) is 35.3 Å². The molecule has 3 atom stereocenters. The first-order valence-electron chi connectivity index (χ1n) is 6.49. The topological polar surface area (TPSA) is 41.5 Å². The maximum Gasteiger partial charge on any atom is 0.120 e. The van der Waals surface area contributed by atoms with Gasteiger partial charge in [0.1, 0.15) is 18.5 Å². The zero-order chi connectivity index (χ0) is 13.0. The molecular weight excluding hydrogens is 294 g/mol. The molecule has 0 amide bonds. The molecule has 0 heterocycles. The summed E-state index contributed by atoms with van der Waals surface area (Å²) in [6, 6.07) is 8.26. The lowest BCUT2D eigenvalue weighted by atomic mass is 10.3. The highest BCUT2D eigenvalue weighted by atomic mass is 79.9. The van der Waals surface area contributed by atoms with Crippen molar-refractivity contribution in [3.63, 3.8) is 0 Å². The monoisotopic (exact) mass is 313 g/mol. The zero-order valence-corrected chi connectivity index (χ0v) is 12.2. The number of aliphatic hydroxyl groups is 1. The first-order valence-corrected chi connectivity index (χ1v) is 7.28. The predicted molar refractivity (Wildman–Crippen MR) is 75.8 cm³/mol. The van der Waals surface area contributed by atoms with E-state index in [1.165, 1.54) is 12.8 Å². The summed E-state index contributed by atoms with van der Waals surface area (Å²) in [5.41, 5.74) is 0. The SMILES string of the molecule is CCC1CC1NCC(O)COc1cccc(Br)c1. The molecule has 1 saturated carbocycles. The average Bonchev–Trinajstić information content (AvgIpc) is 3.13. The van der Waals surface area contributed by atoms with E-state index in [0.717, 1.165) is 16.1 Å². The molecule has 3 unspecified atom stereocenters. The Labute approximate surface area is 117 Å². The zero-order valence-electron chi connectivity index (χ0n) is 10.6. The second-order valence-electron chi connectivity index (χ2n) is 4.84. The van der Waals surface area contributed by atoms with Crippen LogP contribution in [-0.2, 0) is 0 Å². The summed E-state index contributed by atoms with van der Waals surface area (Å²) in [5, 5.41) is 13.2. The van der Waals surface area contributed by atoms with E-state index >= 15 is 0 Å². The Balaban J connectivity index is 1.64. The van der Waals surface area contributed by atoms with Crippen molar-refractivity contribution >= 4 is 15.9 Å². The Kier molecular flexibility index (Phi) is 5.03. The lowest BCUT2D eigenvalue weighted by Crippen LogP contribution is -2.33. The second-order valence-corrected chi connectivity index (χ2v) is 5.76. The Bertz CT molecular complexity index is 386. The summed E-state index contributed by atoms with van der Waals surface area (Å²) in [4.78, 5) is 0. The average molecular weight is 314 g/mol. The summed E-state index contributed by atoms with van der Waals surface area (Å²) in [6.45, 7) is 3.14. The summed E-state index contributed by atoms with van der Waals surface area (Å²) in [7, 11) is 0. The van der Waals surface area contributed by atoms with Crippen LogP contribution in [0, 0.1) is 5.92 Å². The minimum atomic E-state index is -0.456. The molecule has 1 fully saturated rings. The molecule has 0 saturated heterocycles. The fourth-order valence-electron chi connectivity index (χ4n) is 2.04. The van der Waals surface area contributed by atoms with Crippen molar-refractivity contribution in [2.75, 3.05) is 13.2 Å². The van der Waals surface area contributed by atoms with Crippen molar-refractivity contribution in [2.24, 2.45) is 5.92 Å². The van der Waals surface area contributed by atoms with Crippen LogP contribution in [0.4, 0.5) is 0 Å². The van der Waals surface area contributed by atoms with Crippen LogP contribution < -0.4 is 10.1 Å². The van der Waals surface area contributed by atoms with Crippen LogP contribution in [0.15, 0.2) is 28.7 Å². The van der Waals surface area contributed by atoms with Gasteiger partial charge in [0, 0.05) is 17.1 Å². The van der Waals surface area contributed by atoms with Crippen LogP contribution in [0.2, 0.25) is 0 Å². The molecule has 2 N–H and O–H groups in total. The Morgan fingerprint density at radius 2 is 2.39 bits per heavy atom. The van der Waals surface area contributed by atoms with Gasteiger partial charge in [-0.25, -0.2) is 0 Å². The Morgan fingerprint density at radius 1 is 1.56 bits per heavy atom. The molecule has 2 rings (SSSR count). The Morgan fingerprint density at radius 3 is 3.06 bits per heavy atom. The highest BCUT2D eigenvalue weighted by Crippen LogP contribution is 2.32. The minimum Gasteiger partial charge on any atom is -0.491 e. The largest absolute Gasteiger partial charge is 0.491 e. The maximum absolute atomic E-state index is 9.82. The molecule has 1 aromatic carbocycles. The molecule has 0 aliphatic heterocycles. The maximum atomic E-state index is 9.82. The summed E-state index contributed by atoms with van der Waals surface area (Å²) in [6.07, 6.45) is 2.01. The van der Waals surface area contributed by atoms with Crippen molar-refractivity contribution < 1.29 is 9.84 Å². The molecule has 18 heavy (non-hydrogen) atoms. The van der Waals surface area contributed by atoms with Gasteiger partial charge in [0.15, 0.2) is 0 Å². The van der Waals surface area contributed by atoms with Gasteiger partial charge in [-0.15, -0.1) is 0 Å². The van der Waals surface area contributed by atoms with E-state index in [2.05, 4.69) is 28.2 Å². The van der Waals surface area contributed by atoms with E-state index in [1.54, 1.807) is 0 Å². The number of ether oxygens (including phenoxy) is 1. The fraction of sp³-hybridized carbons (Fsp3) is 0.571. The molecule has 1 aliphatic rings. The number of halogens is 1. The number of hydrogen-bond acceptors (Lipinski definition) is 3. The first-order chi connectivity index (χ1) is 8.69. The van der Waals surface area contributed by atoms with Crippen molar-refractivity contribution in [2.45, 2.75) is 31.9 Å². The summed E-state index contributed by atoms with van der Waals surface area (Å²) >= 11 is 3.39. The number of nitrogens with one attached hydrogen (secondary N) is 1. The van der Waals surface area contributed by atoms with E-state index in [1.807, 2.05) is 24.3 Å². The fourth-order valence-corrected chi connectivity index (χ4v) is 2.42. The number of rotatable bonds is 7. The highest BCUT2D eigenvalue weighted by Gasteiger charge is 2.34. The normalized spacial score (nSPS) is 23.7. The minimum absolute atomic E-state index is 0.326. The molecule has 100 valence electrons. The van der Waals surface area contributed by atoms with Gasteiger partial charge in [-0.05, 0) is 30.5 Å². The second kappa shape index (κ2) is 6.55. The summed E-state index contributed by atoms with van der Waals surface area (Å²) in [5.74, 6) is 1.59. The lowest BCUT2D eigenvalue weighted by molar-refractivity contribution is 0.106. The molecule has 4 heteroatoms. The summed E-state index contributed by atoms with van der Waals surface area (Å²) < 4.78 is 6.52. The van der Waals surface area contributed by atoms with Crippen LogP contribution in [0.5, 0.6) is 5.75 Å². The molecule has 0 radical (unpaired) electrons. The molecule has 0 spiro atoms. The van der Waals surface area contributed by atoms with Crippen LogP contribution >= 0.6 is 15.9 Å². The van der Waals surface area contributed by atoms with E-state index in [4.69, 9.17) is 4.74 Å². The highest BCUT2D eigenvalue weighted by molar-refractivity contribution is 9.10. The molecule has 1 aliphatic carbocycles. The molecule has 0 bridgehead atoms. The number of hydrogen-bond donors (Lipinski definition) is 2. The van der Waals surface area contributed by atoms with Gasteiger partial charge in [0.25, 0.3) is 0 Å². The first kappa shape index (κ1) is 13.8. The quantitative estimate of drug-likeness (QED) is 0.813. The number of aliphatic hydroxyl groups excluding tert-OH is 1. The lowest BCUT2D eigenvalue weighted by Gasteiger charge is -2.13. The third kappa shape index (κ3) is 4.26. The molecule has 1 aromatic rings. The van der Waals surface area contributed by atoms with Crippen LogP contribution in [-0.4, -0.2) is 30.4 Å². The van der Waals surface area contributed by atoms with Crippen molar-refractivity contribution in [1.82, 2.24) is 5.32 Å². The van der Waals surface area contributed by atoms with Gasteiger partial charge in [0.2, 0.25) is 0 Å². The van der Waals surface area contributed by atoms with Crippen molar-refractivity contribution in [1.29, 1.82) is 0 Å². The van der Waals surface area contributed by atoms with Gasteiger partial charge in [-0.3, -0.25) is 0 Å². The number of benzene rings is 1. The van der Waals surface area contributed by atoms with E-state index in [9.17, 15) is 5.11 Å². The van der Waals surface area contributed by atoms with E-state index in [-0.39, 0.29) is 0 Å². The molecule has 3 nitrogen and oxygen atoms in total. The van der Waals surface area contributed by atoms with Gasteiger partial charge in [0.05, 0.1) is 0 Å². The van der Waals surface area contributed by atoms with Crippen LogP contribution in [0.3, 0.4) is 0 Å². The standard InChI is InChI=1S/C14H20BrNO2/c1-2-10-6-14(10)16-8-12(17)9-18-13-5-3-4-11(15)7-13/h3-5,7,10,12,14,16-17H,2,6,8-9H2,1H3. The molecule has 0 aromatic heterocycles. The van der Waals surface area contributed by atoms with Crippen molar-refractivity contribution in [3.8, 4) is 5.75 Å². The van der Waals surface area contributed by atoms with Gasteiger partial charge in [-0.2, -0.15) is 0 Å².